The van der Waals surface area contributed by atoms with Gasteiger partial charge in [-0.05, 0) is 50.5 Å². The number of nitrogens with two attached hydrogens (primary N) is 1. The van der Waals surface area contributed by atoms with E-state index in [1.54, 1.807) is 41.3 Å². The van der Waals surface area contributed by atoms with Crippen molar-refractivity contribution in [2.75, 3.05) is 5.73 Å². The van der Waals surface area contributed by atoms with Crippen molar-refractivity contribution in [3.05, 3.63) is 58.7 Å². The molecule has 30 heavy (non-hydrogen) atoms. The molecule has 0 bridgehead atoms. The molecule has 0 saturated carbocycles. The van der Waals surface area contributed by atoms with Gasteiger partial charge < -0.3 is 14.7 Å². The first-order chi connectivity index (χ1) is 14.5. The van der Waals surface area contributed by atoms with Gasteiger partial charge in [-0.3, -0.25) is 4.79 Å². The predicted octanol–water partition coefficient (Wildman–Crippen LogP) is 4.52. The van der Waals surface area contributed by atoms with Crippen LogP contribution >= 0.6 is 0 Å². The van der Waals surface area contributed by atoms with E-state index in [9.17, 15) is 10.1 Å². The first-order valence-electron chi connectivity index (χ1n) is 9.85. The molecule has 0 aromatic carbocycles. The maximum absolute atomic E-state index is 12.6. The molecule has 2 N–H and O–H groups in total. The summed E-state index contributed by atoms with van der Waals surface area (Å²) in [5.41, 5.74) is 7.98. The molecule has 0 radical (unpaired) electrons. The Morgan fingerprint density at radius 1 is 1.27 bits per heavy atom. The van der Waals surface area contributed by atoms with E-state index in [4.69, 9.17) is 15.4 Å². The standard InChI is InChI=1S/C23H23N5O2/c1-3-18(8-6-15(2)12-24)28-14-16(7-9-21(28)29)19-11-17(13-25)23(26)27-22(19)20-5-4-10-30-20/h4-5,7,9-11,14-15,18H,3,6,8H2,1-2H3,(H2,26,27). The van der Waals surface area contributed by atoms with Gasteiger partial charge >= 0.3 is 0 Å². The van der Waals surface area contributed by atoms with E-state index in [1.165, 1.54) is 6.07 Å². The number of anilines is 1. The molecule has 7 nitrogen and oxygen atoms in total. The Bertz CT molecular complexity index is 1170. The van der Waals surface area contributed by atoms with Crippen LogP contribution in [0.4, 0.5) is 5.82 Å². The number of aromatic nitrogens is 2. The second-order valence-corrected chi connectivity index (χ2v) is 7.24. The van der Waals surface area contributed by atoms with Crippen LogP contribution in [0.1, 0.15) is 44.7 Å². The van der Waals surface area contributed by atoms with Gasteiger partial charge in [0.2, 0.25) is 0 Å². The fourth-order valence-corrected chi connectivity index (χ4v) is 3.43. The lowest BCUT2D eigenvalue weighted by atomic mass is 9.99. The quantitative estimate of drug-likeness (QED) is 0.621. The molecular weight excluding hydrogens is 378 g/mol. The fourth-order valence-electron chi connectivity index (χ4n) is 3.43. The van der Waals surface area contributed by atoms with Crippen molar-refractivity contribution in [1.82, 2.24) is 9.55 Å². The molecule has 152 valence electrons. The van der Waals surface area contributed by atoms with Crippen LogP contribution in [0.25, 0.3) is 22.6 Å². The molecule has 2 unspecified atom stereocenters. The third kappa shape index (κ3) is 4.26. The summed E-state index contributed by atoms with van der Waals surface area (Å²) >= 11 is 0. The first kappa shape index (κ1) is 20.9. The first-order valence-corrected chi connectivity index (χ1v) is 9.85. The zero-order valence-electron chi connectivity index (χ0n) is 17.0. The highest BCUT2D eigenvalue weighted by molar-refractivity contribution is 5.81. The zero-order valence-corrected chi connectivity index (χ0v) is 17.0. The van der Waals surface area contributed by atoms with Crippen LogP contribution in [0.2, 0.25) is 0 Å². The van der Waals surface area contributed by atoms with Gasteiger partial charge in [-0.1, -0.05) is 6.92 Å². The number of hydrogen-bond acceptors (Lipinski definition) is 6. The maximum atomic E-state index is 12.6. The second kappa shape index (κ2) is 9.11. The number of rotatable bonds is 7. The summed E-state index contributed by atoms with van der Waals surface area (Å²) in [6, 6.07) is 12.7. The van der Waals surface area contributed by atoms with Crippen molar-refractivity contribution in [3.63, 3.8) is 0 Å². The largest absolute Gasteiger partial charge is 0.463 e. The number of furan rings is 1. The summed E-state index contributed by atoms with van der Waals surface area (Å²) in [5, 5.41) is 18.5. The Morgan fingerprint density at radius 3 is 2.70 bits per heavy atom. The Hall–Kier alpha value is -3.84. The minimum Gasteiger partial charge on any atom is -0.463 e. The molecule has 7 heteroatoms. The number of hydrogen-bond donors (Lipinski definition) is 1. The Balaban J connectivity index is 2.11. The van der Waals surface area contributed by atoms with Gasteiger partial charge in [0.1, 0.15) is 17.6 Å². The van der Waals surface area contributed by atoms with Gasteiger partial charge in [-0.15, -0.1) is 0 Å². The number of nitrogen functional groups attached to an aromatic ring is 1. The molecule has 3 rings (SSSR count). The molecule has 0 fully saturated rings. The number of nitriles is 2. The Kier molecular flexibility index (Phi) is 6.34. The van der Waals surface area contributed by atoms with E-state index in [-0.39, 0.29) is 28.9 Å². The van der Waals surface area contributed by atoms with E-state index in [0.29, 0.717) is 23.4 Å². The lowest BCUT2D eigenvalue weighted by Crippen LogP contribution is -2.24. The normalized spacial score (nSPS) is 12.7. The SMILES string of the molecule is CCC(CCC(C)C#N)n1cc(-c2cc(C#N)c(N)nc2-c2ccco2)ccc1=O. The molecule has 3 aromatic rings. The summed E-state index contributed by atoms with van der Waals surface area (Å²) in [6.45, 7) is 3.90. The van der Waals surface area contributed by atoms with E-state index in [1.807, 2.05) is 13.8 Å². The summed E-state index contributed by atoms with van der Waals surface area (Å²) < 4.78 is 7.21. The van der Waals surface area contributed by atoms with E-state index < -0.39 is 0 Å². The molecule has 3 heterocycles. The molecule has 2 atom stereocenters. The van der Waals surface area contributed by atoms with Crippen LogP contribution in [0.5, 0.6) is 0 Å². The van der Waals surface area contributed by atoms with Crippen molar-refractivity contribution in [2.24, 2.45) is 5.92 Å². The maximum Gasteiger partial charge on any atom is 0.250 e. The van der Waals surface area contributed by atoms with Crippen molar-refractivity contribution < 1.29 is 4.42 Å². The van der Waals surface area contributed by atoms with Gasteiger partial charge in [0.15, 0.2) is 5.76 Å². The summed E-state index contributed by atoms with van der Waals surface area (Å²) in [4.78, 5) is 17.0. The molecular formula is C23H23N5O2. The third-order valence-electron chi connectivity index (χ3n) is 5.19. The van der Waals surface area contributed by atoms with Crippen LogP contribution in [-0.2, 0) is 0 Å². The van der Waals surface area contributed by atoms with Crippen LogP contribution in [-0.4, -0.2) is 9.55 Å². The van der Waals surface area contributed by atoms with Gasteiger partial charge in [0.25, 0.3) is 5.56 Å². The van der Waals surface area contributed by atoms with Crippen molar-refractivity contribution in [3.8, 4) is 34.7 Å². The molecule has 0 aliphatic carbocycles. The van der Waals surface area contributed by atoms with E-state index in [2.05, 4.69) is 17.1 Å². The molecule has 0 aliphatic heterocycles. The average Bonchev–Trinajstić information content (AvgIpc) is 3.29. The van der Waals surface area contributed by atoms with Gasteiger partial charge in [-0.25, -0.2) is 4.98 Å². The number of nitrogens with zero attached hydrogens (tertiary/aromatic N) is 4. The fraction of sp³-hybridized carbons (Fsp3) is 0.304. The van der Waals surface area contributed by atoms with Crippen LogP contribution in [0.3, 0.4) is 0 Å². The van der Waals surface area contributed by atoms with Crippen LogP contribution in [0, 0.1) is 28.6 Å². The minimum atomic E-state index is -0.112. The monoisotopic (exact) mass is 401 g/mol. The summed E-state index contributed by atoms with van der Waals surface area (Å²) in [7, 11) is 0. The predicted molar refractivity (Wildman–Crippen MR) is 114 cm³/mol. The van der Waals surface area contributed by atoms with Crippen molar-refractivity contribution in [2.45, 2.75) is 39.2 Å². The summed E-state index contributed by atoms with van der Waals surface area (Å²) in [6.07, 6.45) is 5.53. The molecule has 3 aromatic heterocycles. The molecule has 0 aliphatic rings. The highest BCUT2D eigenvalue weighted by Gasteiger charge is 2.18. The Morgan fingerprint density at radius 2 is 2.07 bits per heavy atom. The molecule has 0 saturated heterocycles. The third-order valence-corrected chi connectivity index (χ3v) is 5.19. The van der Waals surface area contributed by atoms with E-state index in [0.717, 1.165) is 18.4 Å². The van der Waals surface area contributed by atoms with Gasteiger partial charge in [0.05, 0.1) is 17.9 Å². The zero-order chi connectivity index (χ0) is 21.7. The molecule has 0 spiro atoms. The lowest BCUT2D eigenvalue weighted by molar-refractivity contribution is 0.409. The summed E-state index contributed by atoms with van der Waals surface area (Å²) in [5.74, 6) is 0.578. The van der Waals surface area contributed by atoms with Crippen molar-refractivity contribution >= 4 is 5.82 Å². The van der Waals surface area contributed by atoms with Gasteiger partial charge in [-0.2, -0.15) is 10.5 Å². The van der Waals surface area contributed by atoms with Crippen molar-refractivity contribution in [1.29, 1.82) is 10.5 Å². The molecule has 0 amide bonds. The second-order valence-electron chi connectivity index (χ2n) is 7.24. The van der Waals surface area contributed by atoms with E-state index >= 15 is 0 Å². The Labute approximate surface area is 175 Å². The van der Waals surface area contributed by atoms with Crippen LogP contribution < -0.4 is 11.3 Å². The average molecular weight is 401 g/mol. The smallest absolute Gasteiger partial charge is 0.250 e. The highest BCUT2D eigenvalue weighted by Crippen LogP contribution is 2.33. The number of pyridine rings is 2. The minimum absolute atomic E-state index is 0.0301. The lowest BCUT2D eigenvalue weighted by Gasteiger charge is -2.20. The van der Waals surface area contributed by atoms with Crippen LogP contribution in [0.15, 0.2) is 52.0 Å². The van der Waals surface area contributed by atoms with Gasteiger partial charge in [0, 0.05) is 35.3 Å². The highest BCUT2D eigenvalue weighted by atomic mass is 16.3. The topological polar surface area (TPSA) is 122 Å².